The number of amides is 1. The normalized spacial score (nSPS) is 20.6. The molecule has 0 aliphatic carbocycles. The maximum absolute atomic E-state index is 12.2. The van der Waals surface area contributed by atoms with Crippen molar-refractivity contribution in [2.45, 2.75) is 30.6 Å². The lowest BCUT2D eigenvalue weighted by Crippen LogP contribution is -2.41. The van der Waals surface area contributed by atoms with Gasteiger partial charge in [-0.1, -0.05) is 25.0 Å². The lowest BCUT2D eigenvalue weighted by molar-refractivity contribution is -0.116. The molecule has 0 N–H and O–H groups in total. The lowest BCUT2D eigenvalue weighted by Gasteiger charge is -2.31. The average Bonchev–Trinajstić information content (AvgIpc) is 2.75. The van der Waals surface area contributed by atoms with E-state index in [1.807, 2.05) is 11.0 Å². The molecule has 2 aliphatic rings. The van der Waals surface area contributed by atoms with Crippen molar-refractivity contribution in [1.82, 2.24) is 4.90 Å². The van der Waals surface area contributed by atoms with E-state index in [0.717, 1.165) is 18.8 Å². The molecule has 3 nitrogen and oxygen atoms in total. The number of likely N-dealkylation sites (tertiary alicyclic amines) is 1. The number of hydrogen-bond acceptors (Lipinski definition) is 3. The third kappa shape index (κ3) is 3.18. The summed E-state index contributed by atoms with van der Waals surface area (Å²) in [6.45, 7) is 4.22. The molecule has 0 aromatic heterocycles. The van der Waals surface area contributed by atoms with Gasteiger partial charge in [0, 0.05) is 18.0 Å². The number of carbonyl (C=O) groups is 1. The molecule has 108 valence electrons. The van der Waals surface area contributed by atoms with Crippen LogP contribution in [0.1, 0.15) is 25.7 Å². The molecule has 2 heterocycles. The largest absolute Gasteiger partial charge is 0.309 e. The van der Waals surface area contributed by atoms with Crippen LogP contribution in [0, 0.1) is 0 Å². The molecule has 1 amide bonds. The first-order chi connectivity index (χ1) is 9.84. The SMILES string of the molecule is O=C1CSc2ccccc2N1CCN1CCCCCC1. The van der Waals surface area contributed by atoms with Crippen molar-refractivity contribution in [1.29, 1.82) is 0 Å². The number of hydrogen-bond donors (Lipinski definition) is 0. The van der Waals surface area contributed by atoms with Gasteiger partial charge >= 0.3 is 0 Å². The minimum atomic E-state index is 0.253. The summed E-state index contributed by atoms with van der Waals surface area (Å²) in [7, 11) is 0. The number of benzene rings is 1. The van der Waals surface area contributed by atoms with Gasteiger partial charge in [-0.25, -0.2) is 0 Å². The van der Waals surface area contributed by atoms with E-state index in [9.17, 15) is 4.79 Å². The maximum atomic E-state index is 12.2. The Bertz CT molecular complexity index is 469. The van der Waals surface area contributed by atoms with Crippen LogP contribution in [0.5, 0.6) is 0 Å². The van der Waals surface area contributed by atoms with Crippen molar-refractivity contribution in [2.24, 2.45) is 0 Å². The third-order valence-corrected chi connectivity index (χ3v) is 5.19. The van der Waals surface area contributed by atoms with Crippen molar-refractivity contribution in [2.75, 3.05) is 36.8 Å². The molecular weight excluding hydrogens is 268 g/mol. The number of thioether (sulfide) groups is 1. The van der Waals surface area contributed by atoms with Gasteiger partial charge in [-0.2, -0.15) is 0 Å². The van der Waals surface area contributed by atoms with Crippen LogP contribution in [-0.4, -0.2) is 42.7 Å². The van der Waals surface area contributed by atoms with Crippen molar-refractivity contribution >= 4 is 23.4 Å². The smallest absolute Gasteiger partial charge is 0.237 e. The Morgan fingerprint density at radius 1 is 1.00 bits per heavy atom. The minimum absolute atomic E-state index is 0.253. The van der Waals surface area contributed by atoms with Crippen LogP contribution in [-0.2, 0) is 4.79 Å². The van der Waals surface area contributed by atoms with Crippen LogP contribution in [0.4, 0.5) is 5.69 Å². The predicted octanol–water partition coefficient (Wildman–Crippen LogP) is 3.00. The van der Waals surface area contributed by atoms with Crippen LogP contribution in [0.2, 0.25) is 0 Å². The molecule has 0 saturated carbocycles. The molecule has 1 aromatic carbocycles. The van der Waals surface area contributed by atoms with Gasteiger partial charge in [0.1, 0.15) is 0 Å². The molecule has 0 bridgehead atoms. The van der Waals surface area contributed by atoms with Crippen LogP contribution < -0.4 is 4.90 Å². The molecule has 1 aromatic rings. The van der Waals surface area contributed by atoms with Crippen LogP contribution >= 0.6 is 11.8 Å². The number of rotatable bonds is 3. The highest BCUT2D eigenvalue weighted by molar-refractivity contribution is 8.00. The Morgan fingerprint density at radius 3 is 2.55 bits per heavy atom. The summed E-state index contributed by atoms with van der Waals surface area (Å²) in [5.74, 6) is 0.834. The number of carbonyl (C=O) groups excluding carboxylic acids is 1. The van der Waals surface area contributed by atoms with Gasteiger partial charge in [0.05, 0.1) is 11.4 Å². The zero-order valence-electron chi connectivity index (χ0n) is 11.9. The quantitative estimate of drug-likeness (QED) is 0.855. The fourth-order valence-corrected chi connectivity index (χ4v) is 3.94. The number of nitrogens with zero attached hydrogens (tertiary/aromatic N) is 2. The zero-order valence-corrected chi connectivity index (χ0v) is 12.7. The van der Waals surface area contributed by atoms with E-state index in [1.54, 1.807) is 11.8 Å². The Labute approximate surface area is 125 Å². The highest BCUT2D eigenvalue weighted by Crippen LogP contribution is 2.34. The first-order valence-corrected chi connectivity index (χ1v) is 8.58. The maximum Gasteiger partial charge on any atom is 0.237 e. The first kappa shape index (κ1) is 14.0. The molecule has 0 unspecified atom stereocenters. The zero-order chi connectivity index (χ0) is 13.8. The minimum Gasteiger partial charge on any atom is -0.309 e. The molecule has 20 heavy (non-hydrogen) atoms. The van der Waals surface area contributed by atoms with Crippen LogP contribution in [0.25, 0.3) is 0 Å². The predicted molar refractivity (Wildman–Crippen MR) is 84.4 cm³/mol. The van der Waals surface area contributed by atoms with Crippen molar-refractivity contribution < 1.29 is 4.79 Å². The Kier molecular flexibility index (Phi) is 4.63. The Morgan fingerprint density at radius 2 is 1.75 bits per heavy atom. The lowest BCUT2D eigenvalue weighted by atomic mass is 10.2. The summed E-state index contributed by atoms with van der Waals surface area (Å²) in [6.07, 6.45) is 5.33. The van der Waals surface area contributed by atoms with Crippen LogP contribution in [0.3, 0.4) is 0 Å². The monoisotopic (exact) mass is 290 g/mol. The van der Waals surface area contributed by atoms with E-state index in [2.05, 4.69) is 23.1 Å². The molecule has 1 fully saturated rings. The summed E-state index contributed by atoms with van der Waals surface area (Å²) < 4.78 is 0. The van der Waals surface area contributed by atoms with Crippen molar-refractivity contribution in [3.05, 3.63) is 24.3 Å². The topological polar surface area (TPSA) is 23.6 Å². The molecule has 3 rings (SSSR count). The van der Waals surface area contributed by atoms with Gasteiger partial charge in [-0.3, -0.25) is 4.79 Å². The third-order valence-electron chi connectivity index (χ3n) is 4.15. The molecule has 0 atom stereocenters. The highest BCUT2D eigenvalue weighted by atomic mass is 32.2. The molecule has 4 heteroatoms. The van der Waals surface area contributed by atoms with E-state index in [-0.39, 0.29) is 5.91 Å². The van der Waals surface area contributed by atoms with E-state index in [1.165, 1.54) is 43.7 Å². The van der Waals surface area contributed by atoms with Crippen molar-refractivity contribution in [3.8, 4) is 0 Å². The summed E-state index contributed by atoms with van der Waals surface area (Å²) >= 11 is 1.66. The standard InChI is InChI=1S/C16H22N2OS/c19-16-13-20-15-8-4-3-7-14(15)18(16)12-11-17-9-5-1-2-6-10-17/h3-4,7-8H,1-2,5-6,9-13H2. The molecule has 2 aliphatic heterocycles. The van der Waals surface area contributed by atoms with Gasteiger partial charge in [-0.15, -0.1) is 11.8 Å². The summed E-state index contributed by atoms with van der Waals surface area (Å²) in [5, 5.41) is 0. The molecule has 1 saturated heterocycles. The molecule has 0 spiro atoms. The fourth-order valence-electron chi connectivity index (χ4n) is 3.00. The second kappa shape index (κ2) is 6.64. The summed E-state index contributed by atoms with van der Waals surface area (Å²) in [6, 6.07) is 8.26. The second-order valence-electron chi connectivity index (χ2n) is 5.56. The van der Waals surface area contributed by atoms with Gasteiger partial charge < -0.3 is 9.80 Å². The van der Waals surface area contributed by atoms with E-state index in [0.29, 0.717) is 5.75 Å². The van der Waals surface area contributed by atoms with Crippen LogP contribution in [0.15, 0.2) is 29.2 Å². The van der Waals surface area contributed by atoms with Gasteiger partial charge in [0.15, 0.2) is 0 Å². The van der Waals surface area contributed by atoms with E-state index in [4.69, 9.17) is 0 Å². The van der Waals surface area contributed by atoms with Gasteiger partial charge in [-0.05, 0) is 38.1 Å². The number of para-hydroxylation sites is 1. The number of anilines is 1. The summed E-state index contributed by atoms with van der Waals surface area (Å²) in [5.41, 5.74) is 1.10. The Balaban J connectivity index is 1.65. The molecular formula is C16H22N2OS. The highest BCUT2D eigenvalue weighted by Gasteiger charge is 2.24. The Hall–Kier alpha value is -1.00. The second-order valence-corrected chi connectivity index (χ2v) is 6.57. The van der Waals surface area contributed by atoms with Crippen molar-refractivity contribution in [3.63, 3.8) is 0 Å². The summed E-state index contributed by atoms with van der Waals surface area (Å²) in [4.78, 5) is 17.9. The van der Waals surface area contributed by atoms with E-state index >= 15 is 0 Å². The fraction of sp³-hybridized carbons (Fsp3) is 0.562. The van der Waals surface area contributed by atoms with Gasteiger partial charge in [0.2, 0.25) is 5.91 Å². The van der Waals surface area contributed by atoms with E-state index < -0.39 is 0 Å². The van der Waals surface area contributed by atoms with Gasteiger partial charge in [0.25, 0.3) is 0 Å². The first-order valence-electron chi connectivity index (χ1n) is 7.59. The average molecular weight is 290 g/mol. The molecule has 0 radical (unpaired) electrons. The number of fused-ring (bicyclic) bond motifs is 1.